The molecule has 0 aliphatic rings. The molecule has 0 bridgehead atoms. The van der Waals surface area contributed by atoms with Gasteiger partial charge in [-0.3, -0.25) is 0 Å². The molecule has 1 N–H and O–H groups in total. The van der Waals surface area contributed by atoms with E-state index < -0.39 is 27.9 Å². The van der Waals surface area contributed by atoms with Gasteiger partial charge in [-0.05, 0) is 33.8 Å². The van der Waals surface area contributed by atoms with Crippen molar-refractivity contribution in [2.45, 2.75) is 51.1 Å². The molecule has 0 aliphatic carbocycles. The maximum Gasteiger partial charge on any atom is 0.214 e. The summed E-state index contributed by atoms with van der Waals surface area (Å²) in [7, 11) is -1.28. The summed E-state index contributed by atoms with van der Waals surface area (Å²) in [6.45, 7) is 7.44. The number of hydrogen-bond donors (Lipinski definition) is 1. The molecule has 7 heteroatoms. The molecule has 1 rings (SSSR count). The van der Waals surface area contributed by atoms with Crippen molar-refractivity contribution in [1.82, 2.24) is 9.71 Å². The lowest BCUT2D eigenvalue weighted by Crippen LogP contribution is -2.43. The zero-order valence-electron chi connectivity index (χ0n) is 12.7. The highest BCUT2D eigenvalue weighted by atomic mass is 79.9. The maximum atomic E-state index is 14.0. The largest absolute Gasteiger partial charge is 0.478 e. The standard InChI is InChI=1S/C14H22BrFN2O2S/c1-10(18-21(19)14(2,3)4)12(16)6-8-20-13-9-11(15)5-7-17-13/h5,7,9-10,12,18H,6,8H2,1-4H3/t10-,12?,21?/m0/s1. The van der Waals surface area contributed by atoms with Crippen LogP contribution in [0.15, 0.2) is 22.8 Å². The molecule has 0 radical (unpaired) electrons. The molecule has 1 aromatic heterocycles. The van der Waals surface area contributed by atoms with E-state index in [1.165, 1.54) is 0 Å². The number of rotatable bonds is 7. The minimum Gasteiger partial charge on any atom is -0.478 e. The Balaban J connectivity index is 2.36. The van der Waals surface area contributed by atoms with Crippen molar-refractivity contribution in [3.05, 3.63) is 22.8 Å². The summed E-state index contributed by atoms with van der Waals surface area (Å²) in [5.74, 6) is 0.454. The molecular formula is C14H22BrFN2O2S. The van der Waals surface area contributed by atoms with Gasteiger partial charge in [0, 0.05) is 29.2 Å². The van der Waals surface area contributed by atoms with Gasteiger partial charge in [-0.25, -0.2) is 18.3 Å². The molecule has 0 spiro atoms. The van der Waals surface area contributed by atoms with E-state index in [4.69, 9.17) is 4.74 Å². The first-order chi connectivity index (χ1) is 9.70. The first kappa shape index (κ1) is 18.5. The predicted molar refractivity (Wildman–Crippen MR) is 87.4 cm³/mol. The van der Waals surface area contributed by atoms with Gasteiger partial charge in [0.05, 0.1) is 22.3 Å². The van der Waals surface area contributed by atoms with Crippen LogP contribution in [0.4, 0.5) is 4.39 Å². The molecule has 0 saturated carbocycles. The van der Waals surface area contributed by atoms with E-state index in [9.17, 15) is 8.60 Å². The Labute approximate surface area is 136 Å². The average Bonchev–Trinajstić information content (AvgIpc) is 2.37. The van der Waals surface area contributed by atoms with E-state index in [-0.39, 0.29) is 13.0 Å². The van der Waals surface area contributed by atoms with Crippen LogP contribution in [0.5, 0.6) is 5.88 Å². The molecule has 120 valence electrons. The Hall–Kier alpha value is -0.530. The third-order valence-electron chi connectivity index (χ3n) is 2.73. The predicted octanol–water partition coefficient (Wildman–Crippen LogP) is 3.39. The summed E-state index contributed by atoms with van der Waals surface area (Å²) in [6, 6.07) is 3.02. The van der Waals surface area contributed by atoms with Crippen LogP contribution >= 0.6 is 15.9 Å². The van der Waals surface area contributed by atoms with Gasteiger partial charge in [-0.1, -0.05) is 15.9 Å². The van der Waals surface area contributed by atoms with E-state index in [2.05, 4.69) is 25.6 Å². The number of ether oxygens (including phenoxy) is 1. The highest BCUT2D eigenvalue weighted by molar-refractivity contribution is 9.10. The third kappa shape index (κ3) is 6.84. The minimum atomic E-state index is -1.28. The van der Waals surface area contributed by atoms with Gasteiger partial charge in [0.15, 0.2) is 0 Å². The molecular weight excluding hydrogens is 359 g/mol. The fourth-order valence-corrected chi connectivity index (χ4v) is 2.56. The lowest BCUT2D eigenvalue weighted by atomic mass is 10.2. The Morgan fingerprint density at radius 1 is 1.52 bits per heavy atom. The number of halogens is 2. The summed E-state index contributed by atoms with van der Waals surface area (Å²) in [5, 5.41) is 0. The zero-order chi connectivity index (χ0) is 16.0. The number of aromatic nitrogens is 1. The van der Waals surface area contributed by atoms with Gasteiger partial charge in [0.2, 0.25) is 5.88 Å². The van der Waals surface area contributed by atoms with Crippen LogP contribution in [0.2, 0.25) is 0 Å². The van der Waals surface area contributed by atoms with Crippen LogP contribution < -0.4 is 9.46 Å². The van der Waals surface area contributed by atoms with Gasteiger partial charge >= 0.3 is 0 Å². The number of nitrogens with one attached hydrogen (secondary N) is 1. The minimum absolute atomic E-state index is 0.212. The van der Waals surface area contributed by atoms with Crippen molar-refractivity contribution >= 4 is 26.9 Å². The molecule has 0 amide bonds. The van der Waals surface area contributed by atoms with Gasteiger partial charge in [0.25, 0.3) is 0 Å². The molecule has 1 aromatic rings. The molecule has 0 fully saturated rings. The van der Waals surface area contributed by atoms with Crippen LogP contribution in [-0.2, 0) is 11.0 Å². The van der Waals surface area contributed by atoms with Crippen LogP contribution in [-0.4, -0.2) is 32.8 Å². The number of nitrogens with zero attached hydrogens (tertiary/aromatic N) is 1. The molecule has 2 unspecified atom stereocenters. The first-order valence-corrected chi connectivity index (χ1v) is 8.71. The molecule has 1 heterocycles. The molecule has 21 heavy (non-hydrogen) atoms. The van der Waals surface area contributed by atoms with Gasteiger partial charge in [0.1, 0.15) is 6.17 Å². The second-order valence-electron chi connectivity index (χ2n) is 5.75. The highest BCUT2D eigenvalue weighted by Gasteiger charge is 2.25. The normalized spacial score (nSPS) is 16.3. The van der Waals surface area contributed by atoms with Crippen LogP contribution in [0.3, 0.4) is 0 Å². The Kier molecular flexibility index (Phi) is 7.23. The smallest absolute Gasteiger partial charge is 0.214 e. The Morgan fingerprint density at radius 3 is 2.76 bits per heavy atom. The van der Waals surface area contributed by atoms with Gasteiger partial charge in [-0.2, -0.15) is 0 Å². The highest BCUT2D eigenvalue weighted by Crippen LogP contribution is 2.16. The van der Waals surface area contributed by atoms with Crippen molar-refractivity contribution in [3.63, 3.8) is 0 Å². The van der Waals surface area contributed by atoms with Gasteiger partial charge < -0.3 is 4.74 Å². The Morgan fingerprint density at radius 2 is 2.19 bits per heavy atom. The summed E-state index contributed by atoms with van der Waals surface area (Å²) < 4.78 is 34.6. The van der Waals surface area contributed by atoms with Crippen molar-refractivity contribution in [2.75, 3.05) is 6.61 Å². The van der Waals surface area contributed by atoms with E-state index >= 15 is 0 Å². The summed E-state index contributed by atoms with van der Waals surface area (Å²) in [5.41, 5.74) is 0. The maximum absolute atomic E-state index is 14.0. The summed E-state index contributed by atoms with van der Waals surface area (Å²) >= 11 is 3.31. The molecule has 4 nitrogen and oxygen atoms in total. The summed E-state index contributed by atoms with van der Waals surface area (Å²) in [6.07, 6.45) is 0.690. The monoisotopic (exact) mass is 380 g/mol. The molecule has 3 atom stereocenters. The van der Waals surface area contributed by atoms with E-state index in [0.29, 0.717) is 5.88 Å². The first-order valence-electron chi connectivity index (χ1n) is 6.76. The average molecular weight is 381 g/mol. The Bertz CT molecular complexity index is 482. The fraction of sp³-hybridized carbons (Fsp3) is 0.643. The van der Waals surface area contributed by atoms with Crippen molar-refractivity contribution in [1.29, 1.82) is 0 Å². The van der Waals surface area contributed by atoms with Crippen LogP contribution in [0, 0.1) is 0 Å². The second-order valence-corrected chi connectivity index (χ2v) is 8.67. The fourth-order valence-electron chi connectivity index (χ4n) is 1.41. The second kappa shape index (κ2) is 8.19. The third-order valence-corrected chi connectivity index (χ3v) is 4.92. The summed E-state index contributed by atoms with van der Waals surface area (Å²) in [4.78, 5) is 4.02. The topological polar surface area (TPSA) is 51.2 Å². The van der Waals surface area contributed by atoms with Crippen molar-refractivity contribution in [2.24, 2.45) is 0 Å². The lowest BCUT2D eigenvalue weighted by molar-refractivity contribution is 0.206. The quantitative estimate of drug-likeness (QED) is 0.788. The molecule has 0 saturated heterocycles. The van der Waals surface area contributed by atoms with Crippen LogP contribution in [0.1, 0.15) is 34.1 Å². The van der Waals surface area contributed by atoms with E-state index in [0.717, 1.165) is 4.47 Å². The lowest BCUT2D eigenvalue weighted by Gasteiger charge is -2.23. The van der Waals surface area contributed by atoms with Crippen molar-refractivity contribution in [3.8, 4) is 5.88 Å². The van der Waals surface area contributed by atoms with Crippen molar-refractivity contribution < 1.29 is 13.3 Å². The SMILES string of the molecule is C[C@H](NS(=O)C(C)(C)C)C(F)CCOc1cc(Br)ccn1. The number of pyridine rings is 1. The van der Waals surface area contributed by atoms with Crippen LogP contribution in [0.25, 0.3) is 0 Å². The molecule has 0 aromatic carbocycles. The zero-order valence-corrected chi connectivity index (χ0v) is 15.1. The van der Waals surface area contributed by atoms with E-state index in [1.807, 2.05) is 20.8 Å². The number of alkyl halides is 1. The van der Waals surface area contributed by atoms with Gasteiger partial charge in [-0.15, -0.1) is 0 Å². The number of hydrogen-bond acceptors (Lipinski definition) is 3. The van der Waals surface area contributed by atoms with E-state index in [1.54, 1.807) is 25.3 Å². The molecule has 0 aliphatic heterocycles.